The Labute approximate surface area is 164 Å². The van der Waals surface area contributed by atoms with Crippen molar-refractivity contribution >= 4 is 11.7 Å². The largest absolute Gasteiger partial charge is 0.496 e. The van der Waals surface area contributed by atoms with E-state index in [1.807, 2.05) is 52.4 Å². The number of benzene rings is 2. The molecule has 0 unspecified atom stereocenters. The van der Waals surface area contributed by atoms with Crippen LogP contribution in [-0.2, 0) is 0 Å². The van der Waals surface area contributed by atoms with Gasteiger partial charge in [0.15, 0.2) is 0 Å². The van der Waals surface area contributed by atoms with Crippen molar-refractivity contribution in [3.8, 4) is 16.9 Å². The van der Waals surface area contributed by atoms with Crippen LogP contribution >= 0.6 is 0 Å². The van der Waals surface area contributed by atoms with Gasteiger partial charge >= 0.3 is 6.03 Å². The maximum absolute atomic E-state index is 13.2. The minimum absolute atomic E-state index is 0.0359. The van der Waals surface area contributed by atoms with Crippen LogP contribution in [0.5, 0.6) is 5.75 Å². The lowest BCUT2D eigenvalue weighted by atomic mass is 10.0. The van der Waals surface area contributed by atoms with E-state index < -0.39 is 0 Å². The summed E-state index contributed by atoms with van der Waals surface area (Å²) in [5, 5.41) is 6.82. The third kappa shape index (κ3) is 3.22. The molecular weight excluding hydrogens is 352 g/mol. The molecule has 1 N–H and O–H groups in total. The molecule has 6 heteroatoms. The van der Waals surface area contributed by atoms with Crippen LogP contribution in [0.3, 0.4) is 0 Å². The van der Waals surface area contributed by atoms with Crippen molar-refractivity contribution in [2.45, 2.75) is 19.4 Å². The normalized spacial score (nSPS) is 15.1. The first-order valence-corrected chi connectivity index (χ1v) is 9.53. The Hall–Kier alpha value is -3.28. The summed E-state index contributed by atoms with van der Waals surface area (Å²) in [7, 11) is 1.64. The van der Waals surface area contributed by atoms with Crippen LogP contribution in [0.4, 0.5) is 10.5 Å². The first kappa shape index (κ1) is 18.1. The number of rotatable bonds is 6. The van der Waals surface area contributed by atoms with Crippen molar-refractivity contribution in [3.05, 3.63) is 66.5 Å². The van der Waals surface area contributed by atoms with Gasteiger partial charge in [-0.1, -0.05) is 37.3 Å². The smallest absolute Gasteiger partial charge is 0.325 e. The monoisotopic (exact) mass is 376 g/mol. The van der Waals surface area contributed by atoms with Gasteiger partial charge in [-0.2, -0.15) is 5.10 Å². The number of urea groups is 1. The Morgan fingerprint density at radius 1 is 1.18 bits per heavy atom. The van der Waals surface area contributed by atoms with Crippen LogP contribution in [0.2, 0.25) is 0 Å². The molecule has 3 aromatic rings. The van der Waals surface area contributed by atoms with Crippen LogP contribution in [-0.4, -0.2) is 41.3 Å². The molecule has 6 nitrogen and oxygen atoms in total. The second-order valence-corrected chi connectivity index (χ2v) is 6.83. The van der Waals surface area contributed by atoms with E-state index in [-0.39, 0.29) is 12.1 Å². The van der Waals surface area contributed by atoms with Crippen LogP contribution in [0.1, 0.15) is 24.9 Å². The number of aromatic amines is 1. The molecule has 1 fully saturated rings. The number of aromatic nitrogens is 2. The maximum Gasteiger partial charge on any atom is 0.325 e. The minimum atomic E-state index is 0.0359. The zero-order valence-corrected chi connectivity index (χ0v) is 16.1. The van der Waals surface area contributed by atoms with Gasteiger partial charge in [-0.05, 0) is 24.1 Å². The SMILES string of the molecule is CC[C@H](c1ccccc1)N1CCN(c2ccc(-c3cn[nH]c3)c(OC)c2)C1=O. The number of nitrogens with zero attached hydrogens (tertiary/aromatic N) is 3. The Morgan fingerprint density at radius 2 is 2.00 bits per heavy atom. The predicted molar refractivity (Wildman–Crippen MR) is 109 cm³/mol. The first-order chi connectivity index (χ1) is 13.7. The molecule has 0 radical (unpaired) electrons. The average Bonchev–Trinajstić information content (AvgIpc) is 3.40. The molecule has 4 rings (SSSR count). The van der Waals surface area contributed by atoms with Crippen LogP contribution in [0.15, 0.2) is 60.9 Å². The highest BCUT2D eigenvalue weighted by Crippen LogP contribution is 2.36. The molecule has 2 aromatic carbocycles. The molecule has 2 heterocycles. The van der Waals surface area contributed by atoms with Gasteiger partial charge in [0, 0.05) is 42.2 Å². The minimum Gasteiger partial charge on any atom is -0.496 e. The van der Waals surface area contributed by atoms with Crippen LogP contribution in [0.25, 0.3) is 11.1 Å². The highest BCUT2D eigenvalue weighted by molar-refractivity contribution is 5.95. The van der Waals surface area contributed by atoms with Gasteiger partial charge in [-0.25, -0.2) is 4.79 Å². The molecule has 1 aromatic heterocycles. The van der Waals surface area contributed by atoms with Crippen molar-refractivity contribution in [3.63, 3.8) is 0 Å². The predicted octanol–water partition coefficient (Wildman–Crippen LogP) is 4.48. The van der Waals surface area contributed by atoms with Crippen molar-refractivity contribution in [1.29, 1.82) is 0 Å². The molecular formula is C22H24N4O2. The fourth-order valence-electron chi connectivity index (χ4n) is 3.88. The molecule has 1 aliphatic rings. The quantitative estimate of drug-likeness (QED) is 0.690. The molecule has 1 aliphatic heterocycles. The second kappa shape index (κ2) is 7.76. The fraction of sp³-hybridized carbons (Fsp3) is 0.273. The number of hydrogen-bond acceptors (Lipinski definition) is 3. The van der Waals surface area contributed by atoms with Crippen molar-refractivity contribution in [2.24, 2.45) is 0 Å². The van der Waals surface area contributed by atoms with Gasteiger partial charge in [0.05, 0.1) is 19.3 Å². The van der Waals surface area contributed by atoms with E-state index in [0.29, 0.717) is 13.1 Å². The highest BCUT2D eigenvalue weighted by Gasteiger charge is 2.34. The summed E-state index contributed by atoms with van der Waals surface area (Å²) < 4.78 is 5.58. The Balaban J connectivity index is 1.60. The third-order valence-electron chi connectivity index (χ3n) is 5.29. The zero-order valence-electron chi connectivity index (χ0n) is 16.1. The van der Waals surface area contributed by atoms with E-state index in [1.165, 1.54) is 5.56 Å². The third-order valence-corrected chi connectivity index (χ3v) is 5.29. The number of H-pyrrole nitrogens is 1. The number of amides is 2. The van der Waals surface area contributed by atoms with Gasteiger partial charge in [-0.15, -0.1) is 0 Å². The van der Waals surface area contributed by atoms with E-state index in [4.69, 9.17) is 4.74 Å². The average molecular weight is 376 g/mol. The summed E-state index contributed by atoms with van der Waals surface area (Å²) >= 11 is 0. The summed E-state index contributed by atoms with van der Waals surface area (Å²) in [5.74, 6) is 0.722. The molecule has 28 heavy (non-hydrogen) atoms. The number of nitrogens with one attached hydrogen (secondary N) is 1. The fourth-order valence-corrected chi connectivity index (χ4v) is 3.88. The van der Waals surface area contributed by atoms with Gasteiger partial charge in [0.2, 0.25) is 0 Å². The number of anilines is 1. The zero-order chi connectivity index (χ0) is 19.5. The van der Waals surface area contributed by atoms with E-state index in [2.05, 4.69) is 29.3 Å². The van der Waals surface area contributed by atoms with E-state index >= 15 is 0 Å². The van der Waals surface area contributed by atoms with E-state index in [1.54, 1.807) is 13.3 Å². The Bertz CT molecular complexity index is 940. The number of hydrogen-bond donors (Lipinski definition) is 1. The maximum atomic E-state index is 13.2. The molecule has 1 saturated heterocycles. The second-order valence-electron chi connectivity index (χ2n) is 6.83. The molecule has 2 amide bonds. The van der Waals surface area contributed by atoms with Crippen LogP contribution < -0.4 is 9.64 Å². The lowest BCUT2D eigenvalue weighted by molar-refractivity contribution is 0.199. The van der Waals surface area contributed by atoms with E-state index in [9.17, 15) is 4.79 Å². The number of methoxy groups -OCH3 is 1. The molecule has 0 aliphatic carbocycles. The molecule has 0 spiro atoms. The summed E-state index contributed by atoms with van der Waals surface area (Å²) in [6.07, 6.45) is 4.46. The molecule has 1 atom stereocenters. The number of carbonyl (C=O) groups is 1. The van der Waals surface area contributed by atoms with Crippen molar-refractivity contribution < 1.29 is 9.53 Å². The van der Waals surface area contributed by atoms with Gasteiger partial charge in [0.1, 0.15) is 5.75 Å². The lowest BCUT2D eigenvalue weighted by Gasteiger charge is -2.27. The highest BCUT2D eigenvalue weighted by atomic mass is 16.5. The van der Waals surface area contributed by atoms with Crippen molar-refractivity contribution in [1.82, 2.24) is 15.1 Å². The molecule has 144 valence electrons. The van der Waals surface area contributed by atoms with Gasteiger partial charge in [-0.3, -0.25) is 10.00 Å². The number of carbonyl (C=O) groups excluding carboxylic acids is 1. The summed E-state index contributed by atoms with van der Waals surface area (Å²) in [5.41, 5.74) is 3.92. The Kier molecular flexibility index (Phi) is 5.02. The van der Waals surface area contributed by atoms with Crippen molar-refractivity contribution in [2.75, 3.05) is 25.1 Å². The lowest BCUT2D eigenvalue weighted by Crippen LogP contribution is -2.34. The first-order valence-electron chi connectivity index (χ1n) is 9.53. The number of ether oxygens (including phenoxy) is 1. The summed E-state index contributed by atoms with van der Waals surface area (Å²) in [6, 6.07) is 16.2. The summed E-state index contributed by atoms with van der Waals surface area (Å²) in [6.45, 7) is 3.49. The summed E-state index contributed by atoms with van der Waals surface area (Å²) in [4.78, 5) is 17.0. The molecule has 0 bridgehead atoms. The Morgan fingerprint density at radius 3 is 2.68 bits per heavy atom. The molecule has 0 saturated carbocycles. The van der Waals surface area contributed by atoms with Crippen LogP contribution in [0, 0.1) is 0 Å². The van der Waals surface area contributed by atoms with Gasteiger partial charge in [0.25, 0.3) is 0 Å². The van der Waals surface area contributed by atoms with E-state index in [0.717, 1.165) is 29.0 Å². The topological polar surface area (TPSA) is 61.5 Å². The standard InChI is InChI=1S/C22H24N4O2/c1-3-20(16-7-5-4-6-8-16)26-12-11-25(22(26)27)18-9-10-19(21(13-18)28-2)17-14-23-24-15-17/h4-10,13-15,20H,3,11-12H2,1-2H3,(H,23,24)/t20-/m1/s1. The van der Waals surface area contributed by atoms with Gasteiger partial charge < -0.3 is 9.64 Å².